The maximum atomic E-state index is 13.5. The lowest BCUT2D eigenvalue weighted by Crippen LogP contribution is -2.35. The van der Waals surface area contributed by atoms with Gasteiger partial charge in [0.2, 0.25) is 0 Å². The van der Waals surface area contributed by atoms with Crippen molar-refractivity contribution in [3.63, 3.8) is 0 Å². The first-order valence-electron chi connectivity index (χ1n) is 12.0. The van der Waals surface area contributed by atoms with E-state index in [1.54, 1.807) is 6.92 Å². The summed E-state index contributed by atoms with van der Waals surface area (Å²) >= 11 is 0. The number of nitrogens with zero attached hydrogens (tertiary/aromatic N) is 3. The van der Waals surface area contributed by atoms with Gasteiger partial charge in [-0.1, -0.05) is 41.9 Å². The first kappa shape index (κ1) is 24.8. The summed E-state index contributed by atoms with van der Waals surface area (Å²) in [4.78, 5) is 29.8. The van der Waals surface area contributed by atoms with Crippen LogP contribution < -0.4 is 10.9 Å². The van der Waals surface area contributed by atoms with Crippen LogP contribution in [0.2, 0.25) is 0 Å². The largest absolute Gasteiger partial charge is 0.445 e. The van der Waals surface area contributed by atoms with E-state index in [4.69, 9.17) is 9.26 Å². The molecule has 1 N–H and O–H groups in total. The second kappa shape index (κ2) is 9.87. The quantitative estimate of drug-likeness (QED) is 0.376. The van der Waals surface area contributed by atoms with Gasteiger partial charge in [-0.25, -0.2) is 4.79 Å². The number of carbonyl (C=O) groups is 1. The number of aryl methyl sites for hydroxylation is 1. The number of halogens is 3. The Morgan fingerprint density at radius 2 is 2.00 bits per heavy atom. The van der Waals surface area contributed by atoms with Crippen LogP contribution in [0.15, 0.2) is 51.9 Å². The summed E-state index contributed by atoms with van der Waals surface area (Å²) in [6.07, 6.45) is -1.75. The molecule has 0 radical (unpaired) electrons. The van der Waals surface area contributed by atoms with E-state index >= 15 is 0 Å². The van der Waals surface area contributed by atoms with Gasteiger partial charge in [0.1, 0.15) is 28.8 Å². The fourth-order valence-corrected chi connectivity index (χ4v) is 5.04. The summed E-state index contributed by atoms with van der Waals surface area (Å²) in [6, 6.07) is 9.88. The summed E-state index contributed by atoms with van der Waals surface area (Å²) in [5.41, 5.74) is -0.123. The molecule has 1 aliphatic rings. The van der Waals surface area contributed by atoms with Crippen LogP contribution in [0, 0.1) is 12.8 Å². The number of amides is 1. The summed E-state index contributed by atoms with van der Waals surface area (Å²) in [5, 5.41) is 6.88. The molecule has 1 fully saturated rings. The Balaban J connectivity index is 1.39. The molecule has 1 amide bonds. The molecule has 194 valence electrons. The molecule has 0 aliphatic heterocycles. The Hall–Kier alpha value is -3.89. The van der Waals surface area contributed by atoms with Gasteiger partial charge < -0.3 is 19.1 Å². The molecule has 0 spiro atoms. The SMILES string of the molecule is Cc1onc2c1c(=O)n(C1CCCC(CNC(=O)OCc3ccccc3)C1)c1cc(C(F)(F)F)cnc21. The van der Waals surface area contributed by atoms with Gasteiger partial charge >= 0.3 is 12.3 Å². The minimum atomic E-state index is -4.62. The first-order valence-corrected chi connectivity index (χ1v) is 12.0. The molecule has 4 aromatic rings. The van der Waals surface area contributed by atoms with E-state index in [1.807, 2.05) is 30.3 Å². The highest BCUT2D eigenvalue weighted by atomic mass is 19.4. The molecule has 1 aliphatic carbocycles. The van der Waals surface area contributed by atoms with E-state index in [-0.39, 0.29) is 46.3 Å². The van der Waals surface area contributed by atoms with Crippen molar-refractivity contribution in [2.24, 2.45) is 5.92 Å². The van der Waals surface area contributed by atoms with Crippen molar-refractivity contribution in [1.82, 2.24) is 20.0 Å². The number of rotatable bonds is 5. The highest BCUT2D eigenvalue weighted by Gasteiger charge is 2.33. The number of hydrogen-bond acceptors (Lipinski definition) is 6. The average molecular weight is 515 g/mol. The smallest absolute Gasteiger partial charge is 0.417 e. The van der Waals surface area contributed by atoms with Gasteiger partial charge in [0, 0.05) is 18.8 Å². The molecule has 3 heterocycles. The Bertz CT molecular complexity index is 1500. The highest BCUT2D eigenvalue weighted by Crippen LogP contribution is 2.36. The van der Waals surface area contributed by atoms with Crippen LogP contribution in [0.5, 0.6) is 0 Å². The molecule has 3 aromatic heterocycles. The molecule has 1 aromatic carbocycles. The number of aromatic nitrogens is 3. The number of ether oxygens (including phenoxy) is 1. The van der Waals surface area contributed by atoms with Crippen molar-refractivity contribution in [3.8, 4) is 0 Å². The monoisotopic (exact) mass is 514 g/mol. The lowest BCUT2D eigenvalue weighted by Gasteiger charge is -2.31. The molecular formula is C26H25F3N4O4. The molecule has 37 heavy (non-hydrogen) atoms. The normalized spacial score (nSPS) is 18.3. The number of carbonyl (C=O) groups excluding carboxylic acids is 1. The fourth-order valence-electron chi connectivity index (χ4n) is 5.04. The number of fused-ring (bicyclic) bond motifs is 3. The van der Waals surface area contributed by atoms with Crippen LogP contribution in [-0.2, 0) is 17.5 Å². The first-order chi connectivity index (χ1) is 17.7. The number of pyridine rings is 2. The summed E-state index contributed by atoms with van der Waals surface area (Å²) < 4.78 is 52.4. The molecule has 5 rings (SSSR count). The number of alkyl halides is 3. The lowest BCUT2D eigenvalue weighted by atomic mass is 9.85. The summed E-state index contributed by atoms with van der Waals surface area (Å²) in [5.74, 6) is 0.301. The van der Waals surface area contributed by atoms with Gasteiger partial charge in [-0.2, -0.15) is 13.2 Å². The van der Waals surface area contributed by atoms with Crippen LogP contribution >= 0.6 is 0 Å². The predicted molar refractivity (Wildman–Crippen MR) is 129 cm³/mol. The van der Waals surface area contributed by atoms with Gasteiger partial charge in [-0.05, 0) is 43.7 Å². The third kappa shape index (κ3) is 5.03. The highest BCUT2D eigenvalue weighted by molar-refractivity contribution is 6.01. The maximum absolute atomic E-state index is 13.5. The van der Waals surface area contributed by atoms with Gasteiger partial charge in [0.15, 0.2) is 0 Å². The molecule has 2 unspecified atom stereocenters. The number of alkyl carbamates (subject to hydrolysis) is 1. The molecule has 1 saturated carbocycles. The second-order valence-electron chi connectivity index (χ2n) is 9.36. The van der Waals surface area contributed by atoms with Crippen molar-refractivity contribution in [3.05, 3.63) is 69.8 Å². The van der Waals surface area contributed by atoms with E-state index in [0.29, 0.717) is 19.4 Å². The predicted octanol–water partition coefficient (Wildman–Crippen LogP) is 5.52. The van der Waals surface area contributed by atoms with Crippen molar-refractivity contribution < 1.29 is 27.2 Å². The second-order valence-corrected chi connectivity index (χ2v) is 9.36. The molecule has 0 bridgehead atoms. The topological polar surface area (TPSA) is 99.2 Å². The van der Waals surface area contributed by atoms with E-state index in [9.17, 15) is 22.8 Å². The zero-order valence-corrected chi connectivity index (χ0v) is 20.0. The molecule has 8 nitrogen and oxygen atoms in total. The van der Waals surface area contributed by atoms with E-state index < -0.39 is 23.4 Å². The zero-order chi connectivity index (χ0) is 26.2. The minimum Gasteiger partial charge on any atom is -0.445 e. The minimum absolute atomic E-state index is 0.0167. The Morgan fingerprint density at radius 1 is 1.22 bits per heavy atom. The Kier molecular flexibility index (Phi) is 6.61. The summed E-state index contributed by atoms with van der Waals surface area (Å²) in [7, 11) is 0. The van der Waals surface area contributed by atoms with E-state index in [0.717, 1.165) is 30.7 Å². The van der Waals surface area contributed by atoms with Gasteiger partial charge in [-0.3, -0.25) is 9.78 Å². The van der Waals surface area contributed by atoms with Crippen molar-refractivity contribution in [2.75, 3.05) is 6.54 Å². The van der Waals surface area contributed by atoms with Crippen LogP contribution in [0.4, 0.5) is 18.0 Å². The molecule has 11 heteroatoms. The Morgan fingerprint density at radius 3 is 2.76 bits per heavy atom. The van der Waals surface area contributed by atoms with Crippen LogP contribution in [0.25, 0.3) is 21.9 Å². The van der Waals surface area contributed by atoms with Crippen LogP contribution in [0.1, 0.15) is 48.6 Å². The van der Waals surface area contributed by atoms with Gasteiger partial charge in [-0.15, -0.1) is 0 Å². The number of nitrogens with one attached hydrogen (secondary N) is 1. The average Bonchev–Trinajstić information content (AvgIpc) is 3.28. The molecule has 2 atom stereocenters. The van der Waals surface area contributed by atoms with Crippen LogP contribution in [-0.4, -0.2) is 27.3 Å². The number of hydrogen-bond donors (Lipinski definition) is 1. The standard InChI is InChI=1S/C26H25F3N4O4/c1-15-21-23(32-37-15)22-20(11-18(13-30-22)26(27,28)29)33(24(21)34)19-9-5-8-17(10-19)12-31-25(35)36-14-16-6-3-2-4-7-16/h2-4,6-7,11,13,17,19H,5,8-10,12,14H2,1H3,(H,31,35). The summed E-state index contributed by atoms with van der Waals surface area (Å²) in [6.45, 7) is 2.07. The van der Waals surface area contributed by atoms with Crippen molar-refractivity contribution >= 4 is 28.0 Å². The van der Waals surface area contributed by atoms with Crippen molar-refractivity contribution in [1.29, 1.82) is 0 Å². The fraction of sp³-hybridized carbons (Fsp3) is 0.385. The van der Waals surface area contributed by atoms with E-state index in [2.05, 4.69) is 15.5 Å². The van der Waals surface area contributed by atoms with Gasteiger partial charge in [0.25, 0.3) is 5.56 Å². The van der Waals surface area contributed by atoms with Crippen molar-refractivity contribution in [2.45, 2.75) is 51.4 Å². The van der Waals surface area contributed by atoms with Crippen LogP contribution in [0.3, 0.4) is 0 Å². The molecule has 0 saturated heterocycles. The van der Waals surface area contributed by atoms with E-state index in [1.165, 1.54) is 4.57 Å². The van der Waals surface area contributed by atoms with Gasteiger partial charge in [0.05, 0.1) is 11.1 Å². The third-order valence-electron chi connectivity index (χ3n) is 6.84. The number of benzene rings is 1. The molecular weight excluding hydrogens is 489 g/mol. The maximum Gasteiger partial charge on any atom is 0.417 e. The third-order valence-corrected chi connectivity index (χ3v) is 6.84. The lowest BCUT2D eigenvalue weighted by molar-refractivity contribution is -0.137. The Labute approximate surface area is 209 Å². The zero-order valence-electron chi connectivity index (χ0n) is 20.0.